The number of piperazine rings is 1. The molecule has 2 aromatic carbocycles. The molecule has 1 aliphatic heterocycles. The second-order valence-corrected chi connectivity index (χ2v) is 13.2. The Bertz CT molecular complexity index is 1440. The van der Waals surface area contributed by atoms with Gasteiger partial charge in [0.15, 0.2) is 5.96 Å². The molecule has 2 heterocycles. The molecule has 2 bridgehead atoms. The number of nitrogens with one attached hydrogen (secondary N) is 2. The van der Waals surface area contributed by atoms with Crippen LogP contribution in [0.25, 0.3) is 10.9 Å². The second-order valence-electron chi connectivity index (χ2n) is 13.2. The molecular weight excluding hydrogens is 496 g/mol. The van der Waals surface area contributed by atoms with Gasteiger partial charge >= 0.3 is 0 Å². The number of hydrogen-bond donors (Lipinski definition) is 2. The zero-order chi connectivity index (χ0) is 28.0. The highest BCUT2D eigenvalue weighted by Crippen LogP contribution is 2.61. The van der Waals surface area contributed by atoms with Crippen molar-refractivity contribution in [2.45, 2.75) is 78.6 Å². The molecule has 1 saturated heterocycles. The molecule has 7 nitrogen and oxygen atoms in total. The monoisotopic (exact) mass is 540 g/mol. The van der Waals surface area contributed by atoms with Crippen molar-refractivity contribution in [2.24, 2.45) is 28.2 Å². The number of aromatic nitrogens is 2. The lowest BCUT2D eigenvalue weighted by Crippen LogP contribution is -2.59. The number of aryl methyl sites for hydroxylation is 2. The van der Waals surface area contributed by atoms with E-state index in [9.17, 15) is 4.79 Å². The zero-order valence-corrected chi connectivity index (χ0v) is 24.6. The number of rotatable bonds is 5. The average Bonchev–Trinajstić information content (AvgIpc) is 2.93. The maximum atomic E-state index is 13.3. The summed E-state index contributed by atoms with van der Waals surface area (Å²) in [6, 6.07) is 17.3. The van der Waals surface area contributed by atoms with Gasteiger partial charge in [-0.3, -0.25) is 9.36 Å². The molecule has 40 heavy (non-hydrogen) atoms. The SMILES string of the molecule is CC1C(N=C(Nc2ccc3c(=O)n(CCc4ccccc4)cnc3c2)N2C[C@@H](C)N[C@@H](C)C2)C[C@@H]2C[C@H]1C2(C)C. The van der Waals surface area contributed by atoms with Crippen LogP contribution in [-0.4, -0.2) is 51.6 Å². The van der Waals surface area contributed by atoms with Crippen molar-refractivity contribution in [3.63, 3.8) is 0 Å². The molecule has 4 aliphatic rings. The number of nitrogens with zero attached hydrogens (tertiary/aromatic N) is 4. The fourth-order valence-corrected chi connectivity index (χ4v) is 7.56. The Hall–Kier alpha value is -3.19. The molecule has 3 aromatic rings. The topological polar surface area (TPSA) is 74.5 Å². The van der Waals surface area contributed by atoms with Crippen LogP contribution in [0.3, 0.4) is 0 Å². The first kappa shape index (κ1) is 27.0. The summed E-state index contributed by atoms with van der Waals surface area (Å²) in [6.45, 7) is 14.2. The Morgan fingerprint density at radius 2 is 1.82 bits per heavy atom. The van der Waals surface area contributed by atoms with Gasteiger partial charge < -0.3 is 15.5 Å². The summed E-state index contributed by atoms with van der Waals surface area (Å²) in [6.07, 6.45) is 5.00. The Morgan fingerprint density at radius 1 is 1.07 bits per heavy atom. The molecule has 3 aliphatic carbocycles. The normalized spacial score (nSPS) is 29.7. The van der Waals surface area contributed by atoms with E-state index in [0.29, 0.717) is 46.9 Å². The van der Waals surface area contributed by atoms with Crippen molar-refractivity contribution in [1.82, 2.24) is 19.8 Å². The van der Waals surface area contributed by atoms with Gasteiger partial charge in [-0.15, -0.1) is 0 Å². The Labute approximate surface area is 238 Å². The maximum absolute atomic E-state index is 13.3. The van der Waals surface area contributed by atoms with Crippen molar-refractivity contribution in [1.29, 1.82) is 0 Å². The first-order chi connectivity index (χ1) is 19.2. The van der Waals surface area contributed by atoms with Crippen LogP contribution in [-0.2, 0) is 13.0 Å². The average molecular weight is 541 g/mol. The summed E-state index contributed by atoms with van der Waals surface area (Å²) >= 11 is 0. The van der Waals surface area contributed by atoms with Gasteiger partial charge in [-0.25, -0.2) is 9.98 Å². The van der Waals surface area contributed by atoms with E-state index >= 15 is 0 Å². The third-order valence-corrected chi connectivity index (χ3v) is 10.0. The highest BCUT2D eigenvalue weighted by molar-refractivity contribution is 5.96. The molecule has 7 rings (SSSR count). The first-order valence-electron chi connectivity index (χ1n) is 15.1. The van der Waals surface area contributed by atoms with E-state index < -0.39 is 0 Å². The van der Waals surface area contributed by atoms with Crippen molar-refractivity contribution < 1.29 is 0 Å². The van der Waals surface area contributed by atoms with Crippen LogP contribution < -0.4 is 16.2 Å². The van der Waals surface area contributed by atoms with Gasteiger partial charge in [0.25, 0.3) is 5.56 Å². The lowest BCUT2D eigenvalue weighted by molar-refractivity contribution is -0.108. The number of aliphatic imine (C=N–C) groups is 1. The van der Waals surface area contributed by atoms with E-state index in [2.05, 4.69) is 67.3 Å². The molecule has 7 heteroatoms. The fourth-order valence-electron chi connectivity index (χ4n) is 7.56. The molecule has 4 fully saturated rings. The number of benzene rings is 2. The van der Waals surface area contributed by atoms with Crippen LogP contribution in [0.2, 0.25) is 0 Å². The first-order valence-corrected chi connectivity index (χ1v) is 15.1. The quantitative estimate of drug-likeness (QED) is 0.345. The van der Waals surface area contributed by atoms with Gasteiger partial charge in [-0.05, 0) is 80.0 Å². The summed E-state index contributed by atoms with van der Waals surface area (Å²) in [5.74, 6) is 3.03. The van der Waals surface area contributed by atoms with Gasteiger partial charge in [0.05, 0.1) is 23.3 Å². The smallest absolute Gasteiger partial charge is 0.261 e. The number of fused-ring (bicyclic) bond motifs is 3. The Kier molecular flexibility index (Phi) is 7.19. The van der Waals surface area contributed by atoms with E-state index in [1.807, 2.05) is 36.4 Å². The molecule has 3 saturated carbocycles. The van der Waals surface area contributed by atoms with Crippen molar-refractivity contribution >= 4 is 22.5 Å². The number of hydrogen-bond acceptors (Lipinski definition) is 4. The van der Waals surface area contributed by atoms with Crippen LogP contribution in [0.15, 0.2) is 64.6 Å². The summed E-state index contributed by atoms with van der Waals surface area (Å²) < 4.78 is 1.72. The molecule has 212 valence electrons. The van der Waals surface area contributed by atoms with Crippen molar-refractivity contribution in [3.8, 4) is 0 Å². The molecular formula is C33H44N6O. The molecule has 0 radical (unpaired) electrons. The maximum Gasteiger partial charge on any atom is 0.261 e. The Balaban J connectivity index is 1.25. The van der Waals surface area contributed by atoms with Gasteiger partial charge in [0.2, 0.25) is 0 Å². The highest BCUT2D eigenvalue weighted by Gasteiger charge is 2.56. The summed E-state index contributed by atoms with van der Waals surface area (Å²) in [5.41, 5.74) is 3.29. The summed E-state index contributed by atoms with van der Waals surface area (Å²) in [4.78, 5) is 25.8. The highest BCUT2D eigenvalue weighted by atomic mass is 16.1. The van der Waals surface area contributed by atoms with E-state index in [1.165, 1.54) is 12.0 Å². The lowest BCUT2D eigenvalue weighted by atomic mass is 9.45. The zero-order valence-electron chi connectivity index (χ0n) is 24.6. The molecule has 0 spiro atoms. The van der Waals surface area contributed by atoms with Gasteiger partial charge in [-0.2, -0.15) is 0 Å². The number of anilines is 1. The third-order valence-electron chi connectivity index (χ3n) is 10.0. The van der Waals surface area contributed by atoms with E-state index in [4.69, 9.17) is 4.99 Å². The minimum atomic E-state index is 0.00370. The lowest BCUT2D eigenvalue weighted by Gasteiger charge is -2.61. The molecule has 6 atom stereocenters. The minimum absolute atomic E-state index is 0.00370. The molecule has 1 aromatic heterocycles. The fraction of sp³-hybridized carbons (Fsp3) is 0.545. The van der Waals surface area contributed by atoms with Crippen LogP contribution in [0, 0.1) is 23.2 Å². The van der Waals surface area contributed by atoms with Gasteiger partial charge in [0, 0.05) is 37.4 Å². The van der Waals surface area contributed by atoms with E-state index in [1.54, 1.807) is 10.9 Å². The number of guanidine groups is 1. The molecule has 2 unspecified atom stereocenters. The summed E-state index contributed by atoms with van der Waals surface area (Å²) in [5, 5.41) is 7.98. The van der Waals surface area contributed by atoms with Gasteiger partial charge in [0.1, 0.15) is 0 Å². The standard InChI is InChI=1S/C33H44N6O/c1-21-18-39(19-22(2)35-21)32(37-29-16-25-15-28(23(29)3)33(25,4)5)36-26-11-12-27-30(17-26)34-20-38(31(27)40)14-13-24-9-7-6-8-10-24/h6-12,17,20-23,25,28-29,35H,13-16,18-19H2,1-5H3,(H,36,37)/t21-,22+,23?,25-,28+,29?/m0/s1. The minimum Gasteiger partial charge on any atom is -0.340 e. The van der Waals surface area contributed by atoms with Crippen LogP contribution in [0.4, 0.5) is 5.69 Å². The molecule has 0 amide bonds. The van der Waals surface area contributed by atoms with Crippen LogP contribution >= 0.6 is 0 Å². The van der Waals surface area contributed by atoms with Crippen LogP contribution in [0.1, 0.15) is 53.0 Å². The third kappa shape index (κ3) is 5.16. The predicted molar refractivity (Wildman–Crippen MR) is 164 cm³/mol. The molecule has 2 N–H and O–H groups in total. The van der Waals surface area contributed by atoms with Crippen LogP contribution in [0.5, 0.6) is 0 Å². The van der Waals surface area contributed by atoms with E-state index in [-0.39, 0.29) is 5.56 Å². The van der Waals surface area contributed by atoms with Crippen molar-refractivity contribution in [2.75, 3.05) is 18.4 Å². The van der Waals surface area contributed by atoms with E-state index in [0.717, 1.165) is 49.4 Å². The van der Waals surface area contributed by atoms with Gasteiger partial charge in [-0.1, -0.05) is 51.1 Å². The Morgan fingerprint density at radius 3 is 2.52 bits per heavy atom. The summed E-state index contributed by atoms with van der Waals surface area (Å²) in [7, 11) is 0. The van der Waals surface area contributed by atoms with Crippen molar-refractivity contribution in [3.05, 3.63) is 70.8 Å². The second kappa shape index (κ2) is 10.7. The largest absolute Gasteiger partial charge is 0.340 e. The predicted octanol–water partition coefficient (Wildman–Crippen LogP) is 5.16.